The Kier molecular flexibility index (Phi) is 5.42. The summed E-state index contributed by atoms with van der Waals surface area (Å²) < 4.78 is 8.76. The van der Waals surface area contributed by atoms with Crippen LogP contribution >= 0.6 is 15.9 Å². The van der Waals surface area contributed by atoms with Crippen molar-refractivity contribution in [3.63, 3.8) is 0 Å². The van der Waals surface area contributed by atoms with Gasteiger partial charge in [0.2, 0.25) is 0 Å². The van der Waals surface area contributed by atoms with E-state index >= 15 is 0 Å². The molecule has 0 bridgehead atoms. The van der Waals surface area contributed by atoms with Crippen molar-refractivity contribution in [2.24, 2.45) is 0 Å². The number of hydrogen-bond donors (Lipinski definition) is 1. The number of rotatable bonds is 7. The molecule has 19 heavy (non-hydrogen) atoms. The summed E-state index contributed by atoms with van der Waals surface area (Å²) in [7, 11) is 0. The first-order valence-electron chi connectivity index (χ1n) is 6.31. The lowest BCUT2D eigenvalue weighted by atomic mass is 10.3. The first kappa shape index (κ1) is 14.1. The van der Waals surface area contributed by atoms with Gasteiger partial charge in [0.15, 0.2) is 0 Å². The smallest absolute Gasteiger partial charge is 0.120 e. The molecule has 0 fully saturated rings. The highest BCUT2D eigenvalue weighted by atomic mass is 79.9. The number of aromatic nitrogens is 2. The Labute approximate surface area is 121 Å². The van der Waals surface area contributed by atoms with Gasteiger partial charge in [-0.1, -0.05) is 22.0 Å². The van der Waals surface area contributed by atoms with E-state index in [1.165, 1.54) is 0 Å². The van der Waals surface area contributed by atoms with Crippen LogP contribution in [0.1, 0.15) is 6.92 Å². The first-order chi connectivity index (χ1) is 9.24. The normalized spacial score (nSPS) is 12.3. The molecule has 1 aromatic heterocycles. The molecule has 102 valence electrons. The summed E-state index contributed by atoms with van der Waals surface area (Å²) in [6.45, 7) is 4.54. The molecule has 0 amide bonds. The van der Waals surface area contributed by atoms with Crippen molar-refractivity contribution in [2.45, 2.75) is 19.5 Å². The third kappa shape index (κ3) is 5.04. The number of nitrogens with zero attached hydrogens (tertiary/aromatic N) is 2. The van der Waals surface area contributed by atoms with Crippen molar-refractivity contribution in [3.8, 4) is 5.75 Å². The number of nitrogens with one attached hydrogen (secondary N) is 1. The van der Waals surface area contributed by atoms with Crippen molar-refractivity contribution in [3.05, 3.63) is 47.5 Å². The standard InChI is InChI=1S/C14H18BrN3O/c1-12(10-18-7-5-16-11-18)17-6-8-19-14-4-2-3-13(15)9-14/h2-5,7,9,11-12,17H,6,8,10H2,1H3. The van der Waals surface area contributed by atoms with Crippen molar-refractivity contribution in [1.82, 2.24) is 14.9 Å². The Bertz CT molecular complexity index is 487. The van der Waals surface area contributed by atoms with Gasteiger partial charge in [0.25, 0.3) is 0 Å². The molecule has 0 aliphatic rings. The van der Waals surface area contributed by atoms with E-state index in [1.807, 2.05) is 36.8 Å². The molecule has 1 heterocycles. The maximum Gasteiger partial charge on any atom is 0.120 e. The van der Waals surface area contributed by atoms with Crippen LogP contribution in [0.2, 0.25) is 0 Å². The van der Waals surface area contributed by atoms with Crippen LogP contribution in [0, 0.1) is 0 Å². The second-order valence-electron chi connectivity index (χ2n) is 4.42. The van der Waals surface area contributed by atoms with E-state index in [9.17, 15) is 0 Å². The van der Waals surface area contributed by atoms with Gasteiger partial charge < -0.3 is 14.6 Å². The van der Waals surface area contributed by atoms with E-state index in [1.54, 1.807) is 6.20 Å². The molecule has 0 aliphatic heterocycles. The number of benzene rings is 1. The van der Waals surface area contributed by atoms with Crippen LogP contribution in [0.25, 0.3) is 0 Å². The van der Waals surface area contributed by atoms with Gasteiger partial charge in [-0.05, 0) is 25.1 Å². The highest BCUT2D eigenvalue weighted by Gasteiger charge is 2.01. The molecule has 5 heteroatoms. The molecule has 2 rings (SSSR count). The molecule has 0 spiro atoms. The van der Waals surface area contributed by atoms with Crippen molar-refractivity contribution >= 4 is 15.9 Å². The van der Waals surface area contributed by atoms with Crippen LogP contribution < -0.4 is 10.1 Å². The summed E-state index contributed by atoms with van der Waals surface area (Å²) >= 11 is 3.42. The molecule has 1 N–H and O–H groups in total. The minimum Gasteiger partial charge on any atom is -0.492 e. The van der Waals surface area contributed by atoms with E-state index < -0.39 is 0 Å². The predicted molar refractivity (Wildman–Crippen MR) is 79.3 cm³/mol. The van der Waals surface area contributed by atoms with E-state index in [2.05, 4.69) is 37.7 Å². The predicted octanol–water partition coefficient (Wildman–Crippen LogP) is 2.70. The fourth-order valence-electron chi connectivity index (χ4n) is 1.81. The van der Waals surface area contributed by atoms with Crippen molar-refractivity contribution in [2.75, 3.05) is 13.2 Å². The van der Waals surface area contributed by atoms with Gasteiger partial charge in [0.05, 0.1) is 6.33 Å². The quantitative estimate of drug-likeness (QED) is 0.796. The topological polar surface area (TPSA) is 39.1 Å². The summed E-state index contributed by atoms with van der Waals surface area (Å²) in [6, 6.07) is 8.27. The van der Waals surface area contributed by atoms with E-state index in [0.29, 0.717) is 12.6 Å². The maximum atomic E-state index is 5.66. The lowest BCUT2D eigenvalue weighted by Gasteiger charge is -2.14. The second-order valence-corrected chi connectivity index (χ2v) is 5.34. The van der Waals surface area contributed by atoms with Gasteiger partial charge in [-0.25, -0.2) is 4.98 Å². The van der Waals surface area contributed by atoms with Gasteiger partial charge in [-0.3, -0.25) is 0 Å². The van der Waals surface area contributed by atoms with Gasteiger partial charge in [-0.2, -0.15) is 0 Å². The zero-order valence-corrected chi connectivity index (χ0v) is 12.5. The number of halogens is 1. The Morgan fingerprint density at radius 2 is 2.37 bits per heavy atom. The SMILES string of the molecule is CC(Cn1ccnc1)NCCOc1cccc(Br)c1. The Balaban J connectivity index is 1.64. The molecule has 0 radical (unpaired) electrons. The summed E-state index contributed by atoms with van der Waals surface area (Å²) in [5.41, 5.74) is 0. The monoisotopic (exact) mass is 323 g/mol. The molecule has 1 atom stereocenters. The van der Waals surface area contributed by atoms with Gasteiger partial charge in [-0.15, -0.1) is 0 Å². The second kappa shape index (κ2) is 7.31. The van der Waals surface area contributed by atoms with Crippen LogP contribution in [-0.4, -0.2) is 28.7 Å². The summed E-state index contributed by atoms with van der Waals surface area (Å²) in [4.78, 5) is 4.03. The summed E-state index contributed by atoms with van der Waals surface area (Å²) in [5.74, 6) is 0.887. The number of ether oxygens (including phenoxy) is 1. The zero-order valence-electron chi connectivity index (χ0n) is 10.9. The van der Waals surface area contributed by atoms with Crippen LogP contribution in [0.3, 0.4) is 0 Å². The van der Waals surface area contributed by atoms with Crippen LogP contribution in [-0.2, 0) is 6.54 Å². The third-order valence-electron chi connectivity index (χ3n) is 2.70. The average molecular weight is 324 g/mol. The van der Waals surface area contributed by atoms with Crippen molar-refractivity contribution in [1.29, 1.82) is 0 Å². The fourth-order valence-corrected chi connectivity index (χ4v) is 2.18. The van der Waals surface area contributed by atoms with E-state index in [-0.39, 0.29) is 0 Å². The average Bonchev–Trinajstić information content (AvgIpc) is 2.87. The number of imidazole rings is 1. The molecule has 1 unspecified atom stereocenters. The first-order valence-corrected chi connectivity index (χ1v) is 7.11. The minimum absolute atomic E-state index is 0.389. The molecule has 0 aliphatic carbocycles. The Morgan fingerprint density at radius 1 is 1.47 bits per heavy atom. The highest BCUT2D eigenvalue weighted by molar-refractivity contribution is 9.10. The van der Waals surface area contributed by atoms with Crippen LogP contribution in [0.4, 0.5) is 0 Å². The minimum atomic E-state index is 0.389. The molecular formula is C14H18BrN3O. The molecular weight excluding hydrogens is 306 g/mol. The van der Waals surface area contributed by atoms with Crippen LogP contribution in [0.15, 0.2) is 47.5 Å². The largest absolute Gasteiger partial charge is 0.492 e. The molecule has 1 aromatic carbocycles. The van der Waals surface area contributed by atoms with Gasteiger partial charge in [0.1, 0.15) is 12.4 Å². The fraction of sp³-hybridized carbons (Fsp3) is 0.357. The molecule has 2 aromatic rings. The number of hydrogen-bond acceptors (Lipinski definition) is 3. The Hall–Kier alpha value is -1.33. The maximum absolute atomic E-state index is 5.66. The van der Waals surface area contributed by atoms with Crippen molar-refractivity contribution < 1.29 is 4.74 Å². The zero-order chi connectivity index (χ0) is 13.5. The molecule has 4 nitrogen and oxygen atoms in total. The van der Waals surface area contributed by atoms with Gasteiger partial charge >= 0.3 is 0 Å². The molecule has 0 saturated heterocycles. The summed E-state index contributed by atoms with van der Waals surface area (Å²) in [6.07, 6.45) is 5.59. The lowest BCUT2D eigenvalue weighted by Crippen LogP contribution is -2.33. The lowest BCUT2D eigenvalue weighted by molar-refractivity contribution is 0.303. The van der Waals surface area contributed by atoms with E-state index in [0.717, 1.165) is 23.3 Å². The summed E-state index contributed by atoms with van der Waals surface area (Å²) in [5, 5.41) is 3.42. The Morgan fingerprint density at radius 3 is 3.11 bits per heavy atom. The molecule has 0 saturated carbocycles. The van der Waals surface area contributed by atoms with E-state index in [4.69, 9.17) is 4.74 Å². The van der Waals surface area contributed by atoms with Gasteiger partial charge in [0, 0.05) is 36.0 Å². The highest BCUT2D eigenvalue weighted by Crippen LogP contribution is 2.17. The third-order valence-corrected chi connectivity index (χ3v) is 3.20. The van der Waals surface area contributed by atoms with Crippen LogP contribution in [0.5, 0.6) is 5.75 Å².